The number of carbonyl (C=O) groups is 2. The van der Waals surface area contributed by atoms with Crippen molar-refractivity contribution in [3.05, 3.63) is 124 Å². The Hall–Kier alpha value is -4.80. The predicted octanol–water partition coefficient (Wildman–Crippen LogP) is 4.66. The van der Waals surface area contributed by atoms with Crippen LogP contribution in [0.5, 0.6) is 5.75 Å². The van der Waals surface area contributed by atoms with E-state index in [-0.39, 0.29) is 18.1 Å². The van der Waals surface area contributed by atoms with Crippen LogP contribution in [0.1, 0.15) is 52.7 Å². The number of pyridine rings is 1. The van der Waals surface area contributed by atoms with Crippen molar-refractivity contribution in [3.63, 3.8) is 0 Å². The first-order valence-corrected chi connectivity index (χ1v) is 13.2. The summed E-state index contributed by atoms with van der Waals surface area (Å²) in [5.74, 6) is -5.36. The quantitative estimate of drug-likeness (QED) is 0.353. The molecule has 1 aromatic heterocycles. The lowest BCUT2D eigenvalue weighted by Crippen LogP contribution is -2.64. The van der Waals surface area contributed by atoms with Crippen molar-refractivity contribution in [2.24, 2.45) is 0 Å². The van der Waals surface area contributed by atoms with Crippen molar-refractivity contribution in [1.29, 1.82) is 0 Å². The smallest absolute Gasteiger partial charge is 0.278 e. The van der Waals surface area contributed by atoms with E-state index in [1.807, 2.05) is 13.0 Å². The average molecular weight is 581 g/mol. The number of carbonyl (C=O) groups excluding carboxylic acids is 2. The first kappa shape index (κ1) is 30.2. The maximum Gasteiger partial charge on any atom is 0.278 e. The molecule has 3 unspecified atom stereocenters. The Labute approximate surface area is 241 Å². The summed E-state index contributed by atoms with van der Waals surface area (Å²) < 4.78 is 49.1. The van der Waals surface area contributed by atoms with E-state index < -0.39 is 70.6 Å². The van der Waals surface area contributed by atoms with E-state index in [1.54, 1.807) is 55.3 Å². The average Bonchev–Trinajstić information content (AvgIpc) is 2.96. The number of hydrogen-bond acceptors (Lipinski definition) is 5. The summed E-state index contributed by atoms with van der Waals surface area (Å²) in [5, 5.41) is 4.07. The highest BCUT2D eigenvalue weighted by molar-refractivity contribution is 6.00. The number of benzene rings is 2. The van der Waals surface area contributed by atoms with Crippen molar-refractivity contribution in [3.8, 4) is 5.75 Å². The molecule has 0 bridgehead atoms. The molecule has 0 spiro atoms. The highest BCUT2D eigenvalue weighted by Gasteiger charge is 2.42. The maximum atomic E-state index is 14.2. The summed E-state index contributed by atoms with van der Waals surface area (Å²) >= 11 is 0. The Morgan fingerprint density at radius 3 is 2.26 bits per heavy atom. The van der Waals surface area contributed by atoms with Crippen molar-refractivity contribution in [1.82, 2.24) is 14.9 Å². The zero-order valence-corrected chi connectivity index (χ0v) is 23.4. The van der Waals surface area contributed by atoms with E-state index in [0.717, 1.165) is 0 Å². The molecular formula is C31H31F3N4O4. The van der Waals surface area contributed by atoms with Gasteiger partial charge in [-0.3, -0.25) is 24.1 Å². The maximum absolute atomic E-state index is 14.2. The Morgan fingerprint density at radius 2 is 1.67 bits per heavy atom. The van der Waals surface area contributed by atoms with Gasteiger partial charge >= 0.3 is 0 Å². The third kappa shape index (κ3) is 5.67. The second-order valence-electron chi connectivity index (χ2n) is 9.88. The van der Waals surface area contributed by atoms with E-state index in [4.69, 9.17) is 4.74 Å². The van der Waals surface area contributed by atoms with Crippen LogP contribution in [-0.2, 0) is 13.2 Å². The first-order chi connectivity index (χ1) is 20.0. The first-order valence-electron chi connectivity index (χ1n) is 13.2. The summed E-state index contributed by atoms with van der Waals surface area (Å²) in [6.07, 6.45) is 3.85. The Kier molecular flexibility index (Phi) is 8.89. The second-order valence-corrected chi connectivity index (χ2v) is 9.88. The van der Waals surface area contributed by atoms with Gasteiger partial charge in [0, 0.05) is 36.5 Å². The standard InChI is InChI=1S/C31H31F3N4O4/c1-6-18(3)37-20(5)38(19(4)7-2)36-16-24(30(40)35-15-23-25(33)13-22(32)14-26(23)34)28(39)29(27(36)31(37)41)42-17-21-11-9-8-10-12-21/h6-14,16,18-20H,1-2,15,17H2,3-5H3,(H,35,40). The molecule has 2 amide bonds. The highest BCUT2D eigenvalue weighted by atomic mass is 19.1. The number of halogens is 3. The number of fused-ring (bicyclic) bond motifs is 1. The lowest BCUT2D eigenvalue weighted by molar-refractivity contribution is 0.0525. The summed E-state index contributed by atoms with van der Waals surface area (Å²) in [6, 6.07) is 9.08. The molecule has 1 aliphatic heterocycles. The lowest BCUT2D eigenvalue weighted by atomic mass is 10.1. The summed E-state index contributed by atoms with van der Waals surface area (Å²) in [6.45, 7) is 12.3. The number of nitrogens with zero attached hydrogens (tertiary/aromatic N) is 3. The molecule has 11 heteroatoms. The van der Waals surface area contributed by atoms with Crippen molar-refractivity contribution in [2.75, 3.05) is 5.01 Å². The molecule has 8 nitrogen and oxygen atoms in total. The molecule has 0 saturated heterocycles. The summed E-state index contributed by atoms with van der Waals surface area (Å²) in [4.78, 5) is 42.6. The topological polar surface area (TPSA) is 83.9 Å². The molecule has 3 aromatic rings. The lowest BCUT2D eigenvalue weighted by Gasteiger charge is -2.49. The Bertz CT molecular complexity index is 1570. The molecule has 220 valence electrons. The predicted molar refractivity (Wildman–Crippen MR) is 152 cm³/mol. The molecule has 0 fully saturated rings. The normalized spacial score (nSPS) is 16.0. The van der Waals surface area contributed by atoms with E-state index in [9.17, 15) is 27.6 Å². The fraction of sp³-hybridized carbons (Fsp3) is 0.258. The van der Waals surface area contributed by atoms with Crippen LogP contribution in [0.25, 0.3) is 0 Å². The number of hydrogen-bond donors (Lipinski definition) is 1. The molecule has 0 radical (unpaired) electrons. The molecular weight excluding hydrogens is 549 g/mol. The fourth-order valence-electron chi connectivity index (χ4n) is 4.87. The Balaban J connectivity index is 1.86. The van der Waals surface area contributed by atoms with Gasteiger partial charge in [0.2, 0.25) is 5.43 Å². The van der Waals surface area contributed by atoms with Crippen LogP contribution in [0, 0.1) is 17.5 Å². The molecule has 42 heavy (non-hydrogen) atoms. The van der Waals surface area contributed by atoms with E-state index in [1.165, 1.54) is 15.8 Å². The summed E-state index contributed by atoms with van der Waals surface area (Å²) in [7, 11) is 0. The molecule has 1 aliphatic rings. The van der Waals surface area contributed by atoms with Crippen LogP contribution in [0.15, 0.2) is 78.8 Å². The Morgan fingerprint density at radius 1 is 1.05 bits per heavy atom. The van der Waals surface area contributed by atoms with Gasteiger partial charge in [-0.1, -0.05) is 42.5 Å². The fourth-order valence-corrected chi connectivity index (χ4v) is 4.87. The monoisotopic (exact) mass is 580 g/mol. The van der Waals surface area contributed by atoms with Gasteiger partial charge in [0.05, 0.1) is 6.04 Å². The number of nitrogens with one attached hydrogen (secondary N) is 1. The third-order valence-electron chi connectivity index (χ3n) is 7.16. The molecule has 0 saturated carbocycles. The second kappa shape index (κ2) is 12.4. The van der Waals surface area contributed by atoms with Gasteiger partial charge in [-0.25, -0.2) is 13.2 Å². The number of aromatic nitrogens is 1. The molecule has 1 N–H and O–H groups in total. The number of rotatable bonds is 10. The van der Waals surface area contributed by atoms with E-state index >= 15 is 0 Å². The van der Waals surface area contributed by atoms with Gasteiger partial charge in [-0.15, -0.1) is 13.2 Å². The SMILES string of the molecule is C=CC(C)N1C(=O)c2c(OCc3ccccc3)c(=O)c(C(=O)NCc3c(F)cc(F)cc3F)cn2N(C(C)C=C)C1C. The minimum atomic E-state index is -1.19. The van der Waals surface area contributed by atoms with Crippen LogP contribution in [0.4, 0.5) is 13.2 Å². The molecule has 4 rings (SSSR count). The van der Waals surface area contributed by atoms with Crippen molar-refractivity contribution < 1.29 is 27.5 Å². The van der Waals surface area contributed by atoms with Gasteiger partial charge in [-0.2, -0.15) is 0 Å². The van der Waals surface area contributed by atoms with Gasteiger partial charge in [0.15, 0.2) is 11.4 Å². The zero-order valence-electron chi connectivity index (χ0n) is 23.4. The van der Waals surface area contributed by atoms with Crippen LogP contribution in [0.2, 0.25) is 0 Å². The highest BCUT2D eigenvalue weighted by Crippen LogP contribution is 2.29. The summed E-state index contributed by atoms with van der Waals surface area (Å²) in [5.41, 5.74) is -1.31. The van der Waals surface area contributed by atoms with Gasteiger partial charge < -0.3 is 15.0 Å². The minimum absolute atomic E-state index is 0.0863. The largest absolute Gasteiger partial charge is 0.482 e. The van der Waals surface area contributed by atoms with Crippen LogP contribution in [-0.4, -0.2) is 39.6 Å². The van der Waals surface area contributed by atoms with Gasteiger partial charge in [-0.05, 0) is 26.3 Å². The number of ether oxygens (including phenoxy) is 1. The van der Waals surface area contributed by atoms with Crippen LogP contribution < -0.4 is 20.5 Å². The van der Waals surface area contributed by atoms with Crippen molar-refractivity contribution in [2.45, 2.75) is 52.2 Å². The van der Waals surface area contributed by atoms with Gasteiger partial charge in [0.1, 0.15) is 35.8 Å². The van der Waals surface area contributed by atoms with Crippen LogP contribution >= 0.6 is 0 Å². The van der Waals surface area contributed by atoms with E-state index in [2.05, 4.69) is 18.5 Å². The number of amides is 2. The van der Waals surface area contributed by atoms with Gasteiger partial charge in [0.25, 0.3) is 11.8 Å². The van der Waals surface area contributed by atoms with Crippen molar-refractivity contribution >= 4 is 11.8 Å². The minimum Gasteiger partial charge on any atom is -0.482 e. The van der Waals surface area contributed by atoms with E-state index in [0.29, 0.717) is 17.7 Å². The third-order valence-corrected chi connectivity index (χ3v) is 7.16. The molecule has 0 aliphatic carbocycles. The molecule has 3 atom stereocenters. The molecule has 2 aromatic carbocycles. The zero-order chi connectivity index (χ0) is 30.7. The van der Waals surface area contributed by atoms with Crippen LogP contribution in [0.3, 0.4) is 0 Å². The molecule has 2 heterocycles.